The van der Waals surface area contributed by atoms with Gasteiger partial charge in [-0.05, 0) is 46.0 Å². The zero-order valence-corrected chi connectivity index (χ0v) is 12.0. The molecule has 0 aromatic heterocycles. The molecule has 0 spiro atoms. The maximum absolute atomic E-state index is 12.8. The van der Waals surface area contributed by atoms with Crippen molar-refractivity contribution in [1.29, 1.82) is 0 Å². The predicted molar refractivity (Wildman–Crippen MR) is 78.1 cm³/mol. The molecule has 1 amide bonds. The van der Waals surface area contributed by atoms with Crippen LogP contribution in [0.3, 0.4) is 0 Å². The summed E-state index contributed by atoms with van der Waals surface area (Å²) in [6.07, 6.45) is 0.703. The Balaban J connectivity index is 2.36. The summed E-state index contributed by atoms with van der Waals surface area (Å²) in [6.45, 7) is 5.59. The van der Waals surface area contributed by atoms with Gasteiger partial charge < -0.3 is 10.6 Å². The number of para-hydroxylation sites is 1. The van der Waals surface area contributed by atoms with E-state index in [1.54, 1.807) is 0 Å². The largest absolute Gasteiger partial charge is 0.330 e. The summed E-state index contributed by atoms with van der Waals surface area (Å²) in [4.78, 5) is 16.8. The van der Waals surface area contributed by atoms with Crippen LogP contribution in [0.4, 0.5) is 5.69 Å². The van der Waals surface area contributed by atoms with E-state index >= 15 is 0 Å². The molecule has 104 valence electrons. The van der Waals surface area contributed by atoms with E-state index in [4.69, 9.17) is 5.73 Å². The third-order valence-electron chi connectivity index (χ3n) is 3.73. The van der Waals surface area contributed by atoms with Crippen molar-refractivity contribution in [1.82, 2.24) is 4.90 Å². The first-order valence-electron chi connectivity index (χ1n) is 6.77. The molecule has 1 aliphatic heterocycles. The monoisotopic (exact) mass is 261 g/mol. The van der Waals surface area contributed by atoms with Gasteiger partial charge in [-0.2, -0.15) is 0 Å². The van der Waals surface area contributed by atoms with Crippen LogP contribution < -0.4 is 10.6 Å². The topological polar surface area (TPSA) is 49.6 Å². The van der Waals surface area contributed by atoms with Crippen LogP contribution in [-0.2, 0) is 4.79 Å². The number of rotatable bonds is 3. The molecule has 1 fully saturated rings. The van der Waals surface area contributed by atoms with Crippen LogP contribution in [0.25, 0.3) is 0 Å². The number of carbonyl (C=O) groups is 1. The van der Waals surface area contributed by atoms with E-state index in [0.717, 1.165) is 12.2 Å². The second-order valence-electron chi connectivity index (χ2n) is 5.83. The lowest BCUT2D eigenvalue weighted by atomic mass is 9.93. The van der Waals surface area contributed by atoms with Crippen molar-refractivity contribution in [2.24, 2.45) is 5.73 Å². The number of benzene rings is 1. The Labute approximate surface area is 115 Å². The van der Waals surface area contributed by atoms with E-state index in [-0.39, 0.29) is 17.5 Å². The fourth-order valence-corrected chi connectivity index (χ4v) is 2.98. The van der Waals surface area contributed by atoms with Gasteiger partial charge in [-0.25, -0.2) is 0 Å². The van der Waals surface area contributed by atoms with E-state index in [1.165, 1.54) is 0 Å². The number of nitrogens with two attached hydrogens (primary N) is 1. The molecule has 0 radical (unpaired) electrons. The molecule has 1 aliphatic rings. The van der Waals surface area contributed by atoms with Crippen LogP contribution >= 0.6 is 0 Å². The number of hydrogen-bond donors (Lipinski definition) is 1. The molecule has 1 heterocycles. The molecule has 1 aromatic rings. The molecule has 19 heavy (non-hydrogen) atoms. The Morgan fingerprint density at radius 1 is 1.32 bits per heavy atom. The average Bonchev–Trinajstić information content (AvgIpc) is 2.34. The Bertz CT molecular complexity index is 444. The van der Waals surface area contributed by atoms with E-state index in [1.807, 2.05) is 42.3 Å². The Morgan fingerprint density at radius 3 is 2.53 bits per heavy atom. The van der Waals surface area contributed by atoms with Crippen molar-refractivity contribution in [2.75, 3.05) is 25.0 Å². The highest BCUT2D eigenvalue weighted by atomic mass is 16.2. The zero-order chi connectivity index (χ0) is 14.0. The van der Waals surface area contributed by atoms with Crippen LogP contribution in [0.15, 0.2) is 30.3 Å². The summed E-state index contributed by atoms with van der Waals surface area (Å²) in [5.74, 6) is 0.149. The average molecular weight is 261 g/mol. The number of nitrogens with zero attached hydrogens (tertiary/aromatic N) is 2. The quantitative estimate of drug-likeness (QED) is 0.896. The van der Waals surface area contributed by atoms with Gasteiger partial charge in [0.2, 0.25) is 5.91 Å². The summed E-state index contributed by atoms with van der Waals surface area (Å²) in [5.41, 5.74) is 6.39. The van der Waals surface area contributed by atoms with Gasteiger partial charge in [0.1, 0.15) is 0 Å². The lowest BCUT2D eigenvalue weighted by Gasteiger charge is -2.49. The standard InChI is InChI=1S/C15H23N3O/c1-15(2)11-17(3)13(9-10-16)14(19)18(15)12-7-5-4-6-8-12/h4-8,13H,9-11,16H2,1-3H3. The Morgan fingerprint density at radius 2 is 1.95 bits per heavy atom. The molecule has 0 bridgehead atoms. The first kappa shape index (κ1) is 14.0. The van der Waals surface area contributed by atoms with Crippen LogP contribution in [0, 0.1) is 0 Å². The molecule has 2 N–H and O–H groups in total. The molecule has 0 aliphatic carbocycles. The maximum Gasteiger partial charge on any atom is 0.244 e. The molecule has 1 atom stereocenters. The van der Waals surface area contributed by atoms with E-state index in [9.17, 15) is 4.79 Å². The van der Waals surface area contributed by atoms with Crippen LogP contribution in [0.1, 0.15) is 20.3 Å². The van der Waals surface area contributed by atoms with Gasteiger partial charge in [0.05, 0.1) is 11.6 Å². The Hall–Kier alpha value is -1.39. The number of hydrogen-bond acceptors (Lipinski definition) is 3. The third-order valence-corrected chi connectivity index (χ3v) is 3.73. The summed E-state index contributed by atoms with van der Waals surface area (Å²) in [7, 11) is 2.00. The van der Waals surface area contributed by atoms with Crippen molar-refractivity contribution in [3.63, 3.8) is 0 Å². The van der Waals surface area contributed by atoms with E-state index < -0.39 is 0 Å². The Kier molecular flexibility index (Phi) is 3.92. The van der Waals surface area contributed by atoms with Crippen molar-refractivity contribution in [3.8, 4) is 0 Å². The van der Waals surface area contributed by atoms with Crippen molar-refractivity contribution in [3.05, 3.63) is 30.3 Å². The van der Waals surface area contributed by atoms with Gasteiger partial charge in [-0.3, -0.25) is 9.69 Å². The molecule has 4 heteroatoms. The van der Waals surface area contributed by atoms with Crippen molar-refractivity contribution >= 4 is 11.6 Å². The summed E-state index contributed by atoms with van der Waals surface area (Å²) < 4.78 is 0. The first-order valence-corrected chi connectivity index (χ1v) is 6.77. The van der Waals surface area contributed by atoms with Gasteiger partial charge >= 0.3 is 0 Å². The van der Waals surface area contributed by atoms with Gasteiger partial charge in [0, 0.05) is 12.2 Å². The van der Waals surface area contributed by atoms with Gasteiger partial charge in [-0.15, -0.1) is 0 Å². The highest BCUT2D eigenvalue weighted by Crippen LogP contribution is 2.31. The highest BCUT2D eigenvalue weighted by Gasteiger charge is 2.43. The normalized spacial score (nSPS) is 23.7. The number of amides is 1. The number of carbonyl (C=O) groups excluding carboxylic acids is 1. The molecule has 0 saturated carbocycles. The highest BCUT2D eigenvalue weighted by molar-refractivity contribution is 5.99. The molecular formula is C15H23N3O. The second-order valence-corrected chi connectivity index (χ2v) is 5.83. The van der Waals surface area contributed by atoms with Crippen LogP contribution in [-0.4, -0.2) is 42.5 Å². The van der Waals surface area contributed by atoms with Gasteiger partial charge in [0.15, 0.2) is 0 Å². The fourth-order valence-electron chi connectivity index (χ4n) is 2.98. The third kappa shape index (κ3) is 2.65. The second kappa shape index (κ2) is 5.31. The predicted octanol–water partition coefficient (Wildman–Crippen LogP) is 1.46. The molecule has 1 unspecified atom stereocenters. The van der Waals surface area contributed by atoms with Crippen molar-refractivity contribution < 1.29 is 4.79 Å². The first-order chi connectivity index (χ1) is 8.97. The number of likely N-dealkylation sites (N-methyl/N-ethyl adjacent to an activating group) is 1. The molecule has 1 aromatic carbocycles. The summed E-state index contributed by atoms with van der Waals surface area (Å²) in [6, 6.07) is 9.77. The van der Waals surface area contributed by atoms with Gasteiger partial charge in [-0.1, -0.05) is 18.2 Å². The van der Waals surface area contributed by atoms with E-state index in [0.29, 0.717) is 13.0 Å². The summed E-state index contributed by atoms with van der Waals surface area (Å²) in [5, 5.41) is 0. The molecule has 2 rings (SSSR count). The van der Waals surface area contributed by atoms with Crippen LogP contribution in [0.5, 0.6) is 0 Å². The lowest BCUT2D eigenvalue weighted by Crippen LogP contribution is -2.66. The number of piperazine rings is 1. The number of anilines is 1. The molecule has 4 nitrogen and oxygen atoms in total. The molecule has 1 saturated heterocycles. The fraction of sp³-hybridized carbons (Fsp3) is 0.533. The van der Waals surface area contributed by atoms with Crippen molar-refractivity contribution in [2.45, 2.75) is 31.8 Å². The minimum atomic E-state index is -0.210. The minimum Gasteiger partial charge on any atom is -0.330 e. The maximum atomic E-state index is 12.8. The van der Waals surface area contributed by atoms with Crippen LogP contribution in [0.2, 0.25) is 0 Å². The lowest BCUT2D eigenvalue weighted by molar-refractivity contribution is -0.128. The van der Waals surface area contributed by atoms with Gasteiger partial charge in [0.25, 0.3) is 0 Å². The minimum absolute atomic E-state index is 0.113. The zero-order valence-electron chi connectivity index (χ0n) is 12.0. The SMILES string of the molecule is CN1CC(C)(C)N(c2ccccc2)C(=O)C1CCN. The molecular weight excluding hydrogens is 238 g/mol. The van der Waals surface area contributed by atoms with E-state index in [2.05, 4.69) is 18.7 Å². The smallest absolute Gasteiger partial charge is 0.244 e. The summed E-state index contributed by atoms with van der Waals surface area (Å²) >= 11 is 0.